The van der Waals surface area contributed by atoms with Crippen molar-refractivity contribution in [2.75, 3.05) is 25.0 Å². The Hall–Kier alpha value is -2.82. The van der Waals surface area contributed by atoms with Crippen LogP contribution in [0.3, 0.4) is 0 Å². The van der Waals surface area contributed by atoms with Crippen LogP contribution in [0, 0.1) is 12.7 Å². The van der Waals surface area contributed by atoms with Crippen LogP contribution in [0.4, 0.5) is 10.1 Å². The lowest BCUT2D eigenvalue weighted by Crippen LogP contribution is -2.33. The number of anilines is 1. The monoisotopic (exact) mass is 326 g/mol. The fourth-order valence-corrected chi connectivity index (χ4v) is 2.64. The van der Waals surface area contributed by atoms with Gasteiger partial charge in [0.15, 0.2) is 5.76 Å². The average Bonchev–Trinajstić information content (AvgIpc) is 2.92. The summed E-state index contributed by atoms with van der Waals surface area (Å²) in [5.41, 5.74) is 2.25. The van der Waals surface area contributed by atoms with Crippen molar-refractivity contribution in [3.8, 4) is 0 Å². The first-order valence-electron chi connectivity index (χ1n) is 7.79. The molecule has 0 spiro atoms. The van der Waals surface area contributed by atoms with E-state index in [1.165, 1.54) is 18.2 Å². The Bertz CT molecular complexity index is 858. The van der Waals surface area contributed by atoms with Crippen LogP contribution in [0.1, 0.15) is 16.1 Å². The number of carbonyl (C=O) groups is 1. The second kappa shape index (κ2) is 6.74. The van der Waals surface area contributed by atoms with Gasteiger partial charge in [-0.05, 0) is 37.3 Å². The molecule has 0 saturated heterocycles. The fraction of sp³-hybridized carbons (Fsp3) is 0.211. The average molecular weight is 326 g/mol. The molecule has 0 atom stereocenters. The number of aryl methyl sites for hydroxylation is 1. The Morgan fingerprint density at radius 3 is 2.71 bits per heavy atom. The summed E-state index contributed by atoms with van der Waals surface area (Å²) in [4.78, 5) is 14.4. The molecule has 3 aromatic rings. The van der Waals surface area contributed by atoms with Crippen LogP contribution >= 0.6 is 0 Å². The molecule has 3 rings (SSSR count). The van der Waals surface area contributed by atoms with Crippen LogP contribution < -0.4 is 10.2 Å². The number of amides is 1. The number of nitrogens with zero attached hydrogens (tertiary/aromatic N) is 1. The molecule has 2 aromatic carbocycles. The molecule has 0 saturated carbocycles. The maximum absolute atomic E-state index is 13.3. The van der Waals surface area contributed by atoms with E-state index in [4.69, 9.17) is 4.42 Å². The van der Waals surface area contributed by atoms with E-state index < -0.39 is 0 Å². The van der Waals surface area contributed by atoms with E-state index in [0.717, 1.165) is 5.69 Å². The summed E-state index contributed by atoms with van der Waals surface area (Å²) in [6, 6.07) is 14.2. The number of nitrogens with one attached hydrogen (secondary N) is 1. The predicted octanol–water partition coefficient (Wildman–Crippen LogP) is 3.75. The molecule has 24 heavy (non-hydrogen) atoms. The van der Waals surface area contributed by atoms with Crippen molar-refractivity contribution >= 4 is 22.6 Å². The SMILES string of the molecule is Cc1c(C(=O)NCCN(C)c2ccccc2)oc2ccc(F)cc12. The van der Waals surface area contributed by atoms with Crippen LogP contribution in [0.25, 0.3) is 11.0 Å². The molecule has 0 aliphatic rings. The third-order valence-electron chi connectivity index (χ3n) is 4.03. The molecule has 0 bridgehead atoms. The first kappa shape index (κ1) is 16.1. The summed E-state index contributed by atoms with van der Waals surface area (Å²) in [6.45, 7) is 2.91. The highest BCUT2D eigenvalue weighted by Crippen LogP contribution is 2.25. The Morgan fingerprint density at radius 2 is 1.96 bits per heavy atom. The molecule has 0 aliphatic carbocycles. The van der Waals surface area contributed by atoms with Crippen LogP contribution in [0.15, 0.2) is 52.9 Å². The first-order valence-corrected chi connectivity index (χ1v) is 7.79. The van der Waals surface area contributed by atoms with Gasteiger partial charge in [0.2, 0.25) is 0 Å². The minimum atomic E-state index is -0.345. The number of hydrogen-bond donors (Lipinski definition) is 1. The zero-order valence-electron chi connectivity index (χ0n) is 13.7. The van der Waals surface area contributed by atoms with Crippen molar-refractivity contribution < 1.29 is 13.6 Å². The van der Waals surface area contributed by atoms with Gasteiger partial charge in [-0.3, -0.25) is 4.79 Å². The number of para-hydroxylation sites is 1. The molecule has 0 unspecified atom stereocenters. The highest BCUT2D eigenvalue weighted by Gasteiger charge is 2.17. The number of rotatable bonds is 5. The van der Waals surface area contributed by atoms with E-state index in [1.54, 1.807) is 6.92 Å². The Balaban J connectivity index is 1.64. The molecule has 124 valence electrons. The lowest BCUT2D eigenvalue weighted by molar-refractivity contribution is 0.0928. The maximum Gasteiger partial charge on any atom is 0.287 e. The number of fused-ring (bicyclic) bond motifs is 1. The molecular weight excluding hydrogens is 307 g/mol. The first-order chi connectivity index (χ1) is 11.6. The van der Waals surface area contributed by atoms with Gasteiger partial charge < -0.3 is 14.6 Å². The van der Waals surface area contributed by atoms with Crippen LogP contribution in [-0.4, -0.2) is 26.0 Å². The molecule has 5 heteroatoms. The highest BCUT2D eigenvalue weighted by molar-refractivity contribution is 5.98. The standard InChI is InChI=1S/C19H19FN2O2/c1-13-16-12-14(20)8-9-17(16)24-18(13)19(23)21-10-11-22(2)15-6-4-3-5-7-15/h3-9,12H,10-11H2,1-2H3,(H,21,23). The Labute approximate surface area is 139 Å². The van der Waals surface area contributed by atoms with Gasteiger partial charge in [-0.1, -0.05) is 18.2 Å². The Kier molecular flexibility index (Phi) is 4.51. The van der Waals surface area contributed by atoms with Gasteiger partial charge in [0.25, 0.3) is 5.91 Å². The fourth-order valence-electron chi connectivity index (χ4n) is 2.64. The van der Waals surface area contributed by atoms with E-state index in [0.29, 0.717) is 29.6 Å². The molecule has 1 heterocycles. The predicted molar refractivity (Wildman–Crippen MR) is 93.0 cm³/mol. The van der Waals surface area contributed by atoms with Crippen molar-refractivity contribution in [2.24, 2.45) is 0 Å². The van der Waals surface area contributed by atoms with Gasteiger partial charge >= 0.3 is 0 Å². The number of carbonyl (C=O) groups excluding carboxylic acids is 1. The molecular formula is C19H19FN2O2. The molecule has 0 aliphatic heterocycles. The summed E-state index contributed by atoms with van der Waals surface area (Å²) in [7, 11) is 1.97. The van der Waals surface area contributed by atoms with E-state index >= 15 is 0 Å². The van der Waals surface area contributed by atoms with E-state index in [2.05, 4.69) is 10.2 Å². The lowest BCUT2D eigenvalue weighted by atomic mass is 10.1. The van der Waals surface area contributed by atoms with Crippen LogP contribution in [0.5, 0.6) is 0 Å². The molecule has 0 radical (unpaired) electrons. The van der Waals surface area contributed by atoms with Gasteiger partial charge in [0, 0.05) is 36.8 Å². The van der Waals surface area contributed by atoms with Crippen LogP contribution in [-0.2, 0) is 0 Å². The molecule has 4 nitrogen and oxygen atoms in total. The minimum Gasteiger partial charge on any atom is -0.451 e. The molecule has 1 N–H and O–H groups in total. The highest BCUT2D eigenvalue weighted by atomic mass is 19.1. The van der Waals surface area contributed by atoms with Gasteiger partial charge in [0.1, 0.15) is 11.4 Å². The van der Waals surface area contributed by atoms with Crippen molar-refractivity contribution in [1.82, 2.24) is 5.32 Å². The summed E-state index contributed by atoms with van der Waals surface area (Å²) in [6.07, 6.45) is 0. The van der Waals surface area contributed by atoms with Crippen LogP contribution in [0.2, 0.25) is 0 Å². The summed E-state index contributed by atoms with van der Waals surface area (Å²) in [5.74, 6) is -0.397. The van der Waals surface area contributed by atoms with E-state index in [-0.39, 0.29) is 17.5 Å². The number of furan rings is 1. The number of benzene rings is 2. The third-order valence-corrected chi connectivity index (χ3v) is 4.03. The zero-order valence-corrected chi connectivity index (χ0v) is 13.7. The van der Waals surface area contributed by atoms with Gasteiger partial charge in [-0.2, -0.15) is 0 Å². The Morgan fingerprint density at radius 1 is 1.21 bits per heavy atom. The lowest BCUT2D eigenvalue weighted by Gasteiger charge is -2.19. The largest absolute Gasteiger partial charge is 0.451 e. The van der Waals surface area contributed by atoms with Crippen molar-refractivity contribution in [1.29, 1.82) is 0 Å². The normalized spacial score (nSPS) is 10.8. The summed E-state index contributed by atoms with van der Waals surface area (Å²) >= 11 is 0. The van der Waals surface area contributed by atoms with E-state index in [1.807, 2.05) is 37.4 Å². The summed E-state index contributed by atoms with van der Waals surface area (Å²) < 4.78 is 18.9. The summed E-state index contributed by atoms with van der Waals surface area (Å²) in [5, 5.41) is 3.47. The van der Waals surface area contributed by atoms with Crippen molar-refractivity contribution in [3.05, 3.63) is 65.7 Å². The minimum absolute atomic E-state index is 0.234. The second-order valence-corrected chi connectivity index (χ2v) is 5.71. The van der Waals surface area contributed by atoms with Gasteiger partial charge in [0.05, 0.1) is 0 Å². The smallest absolute Gasteiger partial charge is 0.287 e. The zero-order chi connectivity index (χ0) is 17.1. The molecule has 1 amide bonds. The molecule has 0 fully saturated rings. The van der Waals surface area contributed by atoms with Crippen molar-refractivity contribution in [3.63, 3.8) is 0 Å². The number of halogens is 1. The van der Waals surface area contributed by atoms with Crippen molar-refractivity contribution in [2.45, 2.75) is 6.92 Å². The number of hydrogen-bond acceptors (Lipinski definition) is 3. The number of likely N-dealkylation sites (N-methyl/N-ethyl adjacent to an activating group) is 1. The van der Waals surface area contributed by atoms with Gasteiger partial charge in [-0.25, -0.2) is 4.39 Å². The molecule has 1 aromatic heterocycles. The third kappa shape index (κ3) is 3.25. The van der Waals surface area contributed by atoms with E-state index in [9.17, 15) is 9.18 Å². The second-order valence-electron chi connectivity index (χ2n) is 5.71. The van der Waals surface area contributed by atoms with Gasteiger partial charge in [-0.15, -0.1) is 0 Å². The maximum atomic E-state index is 13.3. The quantitative estimate of drug-likeness (QED) is 0.777. The topological polar surface area (TPSA) is 45.5 Å².